The summed E-state index contributed by atoms with van der Waals surface area (Å²) in [5, 5.41) is 8.82. The maximum atomic E-state index is 5.76. The highest BCUT2D eigenvalue weighted by molar-refractivity contribution is 7.98. The van der Waals surface area contributed by atoms with Crippen LogP contribution in [-0.4, -0.2) is 22.3 Å². The summed E-state index contributed by atoms with van der Waals surface area (Å²) in [4.78, 5) is 4.27. The molecule has 0 spiro atoms. The zero-order chi connectivity index (χ0) is 16.4. The van der Waals surface area contributed by atoms with Crippen molar-refractivity contribution in [2.45, 2.75) is 11.0 Å². The Labute approximate surface area is 146 Å². The van der Waals surface area contributed by atoms with E-state index >= 15 is 0 Å². The van der Waals surface area contributed by atoms with Crippen LogP contribution in [0.1, 0.15) is 5.56 Å². The van der Waals surface area contributed by atoms with Crippen molar-refractivity contribution in [3.05, 3.63) is 53.5 Å². The maximum absolute atomic E-state index is 5.76. The number of fused-ring (bicyclic) bond motifs is 1. The molecule has 0 amide bonds. The summed E-state index contributed by atoms with van der Waals surface area (Å²) in [7, 11) is 1.66. The van der Waals surface area contributed by atoms with Gasteiger partial charge >= 0.3 is 0 Å². The van der Waals surface area contributed by atoms with Crippen LogP contribution in [0.4, 0.5) is 0 Å². The predicted molar refractivity (Wildman–Crippen MR) is 95.5 cm³/mol. The van der Waals surface area contributed by atoms with Gasteiger partial charge < -0.3 is 9.15 Å². The largest absolute Gasteiger partial charge is 0.497 e. The Balaban J connectivity index is 1.47. The summed E-state index contributed by atoms with van der Waals surface area (Å²) in [6.45, 7) is 0. The van der Waals surface area contributed by atoms with Crippen LogP contribution in [0.25, 0.3) is 21.7 Å². The molecule has 4 rings (SSSR count). The molecule has 0 N–H and O–H groups in total. The molecule has 2 aromatic carbocycles. The fourth-order valence-electron chi connectivity index (χ4n) is 2.24. The topological polar surface area (TPSA) is 61.0 Å². The van der Waals surface area contributed by atoms with E-state index in [2.05, 4.69) is 15.2 Å². The molecule has 0 saturated heterocycles. The fraction of sp³-hybridized carbons (Fsp3) is 0.118. The number of aromatic nitrogens is 3. The normalized spacial score (nSPS) is 11.0. The summed E-state index contributed by atoms with van der Waals surface area (Å²) >= 11 is 3.11. The van der Waals surface area contributed by atoms with Gasteiger partial charge in [-0.25, -0.2) is 4.98 Å². The van der Waals surface area contributed by atoms with E-state index in [9.17, 15) is 0 Å². The van der Waals surface area contributed by atoms with Crippen molar-refractivity contribution in [3.63, 3.8) is 0 Å². The monoisotopic (exact) mass is 355 g/mol. The quantitative estimate of drug-likeness (QED) is 0.486. The van der Waals surface area contributed by atoms with E-state index in [1.807, 2.05) is 48.0 Å². The lowest BCUT2D eigenvalue weighted by molar-refractivity contribution is 0.414. The molecule has 0 fully saturated rings. The van der Waals surface area contributed by atoms with E-state index in [4.69, 9.17) is 9.15 Å². The molecule has 0 atom stereocenters. The molecule has 120 valence electrons. The Hall–Kier alpha value is -2.38. The lowest BCUT2D eigenvalue weighted by Crippen LogP contribution is -1.84. The smallest absolute Gasteiger partial charge is 0.277 e. The molecule has 0 aliphatic heterocycles. The van der Waals surface area contributed by atoms with E-state index in [0.717, 1.165) is 27.3 Å². The second-order valence-electron chi connectivity index (χ2n) is 5.04. The van der Waals surface area contributed by atoms with Crippen molar-refractivity contribution in [2.24, 2.45) is 0 Å². The van der Waals surface area contributed by atoms with Crippen molar-refractivity contribution in [3.8, 4) is 17.2 Å². The Bertz CT molecular complexity index is 963. The van der Waals surface area contributed by atoms with Gasteiger partial charge in [0.05, 0.1) is 22.8 Å². The number of thiazole rings is 1. The number of benzene rings is 2. The highest BCUT2D eigenvalue weighted by Gasteiger charge is 2.10. The first-order valence-electron chi connectivity index (χ1n) is 7.25. The summed E-state index contributed by atoms with van der Waals surface area (Å²) in [6.07, 6.45) is 0. The Morgan fingerprint density at radius 1 is 1.12 bits per heavy atom. The minimum atomic E-state index is 0.530. The SMILES string of the molecule is COc1ccc(CSc2nnc(-c3ccc4ncsc4c3)o2)cc1. The van der Waals surface area contributed by atoms with E-state index in [0.29, 0.717) is 11.1 Å². The van der Waals surface area contributed by atoms with E-state index < -0.39 is 0 Å². The summed E-state index contributed by atoms with van der Waals surface area (Å²) in [5.41, 5.74) is 4.90. The second kappa shape index (κ2) is 6.62. The zero-order valence-electron chi connectivity index (χ0n) is 12.8. The van der Waals surface area contributed by atoms with Gasteiger partial charge in [0.1, 0.15) is 5.75 Å². The first-order valence-corrected chi connectivity index (χ1v) is 9.11. The highest BCUT2D eigenvalue weighted by atomic mass is 32.2. The third-order valence-corrected chi connectivity index (χ3v) is 5.19. The molecule has 0 aliphatic rings. The third-order valence-electron chi connectivity index (χ3n) is 3.51. The molecule has 24 heavy (non-hydrogen) atoms. The van der Waals surface area contributed by atoms with Gasteiger partial charge in [-0.2, -0.15) is 0 Å². The maximum Gasteiger partial charge on any atom is 0.277 e. The first kappa shape index (κ1) is 15.2. The minimum Gasteiger partial charge on any atom is -0.497 e. The van der Waals surface area contributed by atoms with Gasteiger partial charge in [-0.1, -0.05) is 23.9 Å². The van der Waals surface area contributed by atoms with Gasteiger partial charge in [-0.15, -0.1) is 21.5 Å². The molecular weight excluding hydrogens is 342 g/mol. The standard InChI is InChI=1S/C17H13N3O2S2/c1-21-13-5-2-11(3-6-13)9-23-17-20-19-16(22-17)12-4-7-14-15(8-12)24-10-18-14/h2-8,10H,9H2,1H3. The van der Waals surface area contributed by atoms with Crippen molar-refractivity contribution >= 4 is 33.3 Å². The Kier molecular flexibility index (Phi) is 4.18. The first-order chi connectivity index (χ1) is 11.8. The average molecular weight is 355 g/mol. The Morgan fingerprint density at radius 3 is 2.83 bits per heavy atom. The van der Waals surface area contributed by atoms with Gasteiger partial charge in [0.2, 0.25) is 5.89 Å². The molecule has 0 radical (unpaired) electrons. The molecule has 7 heteroatoms. The van der Waals surface area contributed by atoms with Crippen LogP contribution >= 0.6 is 23.1 Å². The number of ether oxygens (including phenoxy) is 1. The third kappa shape index (κ3) is 3.13. The summed E-state index contributed by atoms with van der Waals surface area (Å²) in [6, 6.07) is 13.9. The number of hydrogen-bond donors (Lipinski definition) is 0. The van der Waals surface area contributed by atoms with E-state index in [1.165, 1.54) is 17.3 Å². The molecule has 2 aromatic heterocycles. The molecule has 0 bridgehead atoms. The number of rotatable bonds is 5. The van der Waals surface area contributed by atoms with Gasteiger partial charge in [-0.3, -0.25) is 0 Å². The number of hydrogen-bond acceptors (Lipinski definition) is 7. The molecule has 0 saturated carbocycles. The van der Waals surface area contributed by atoms with Crippen molar-refractivity contribution < 1.29 is 9.15 Å². The number of methoxy groups -OCH3 is 1. The lowest BCUT2D eigenvalue weighted by Gasteiger charge is -2.01. The lowest BCUT2D eigenvalue weighted by atomic mass is 10.2. The van der Waals surface area contributed by atoms with Crippen LogP contribution in [0.3, 0.4) is 0 Å². The van der Waals surface area contributed by atoms with Crippen LogP contribution in [0.5, 0.6) is 5.75 Å². The molecular formula is C17H13N3O2S2. The van der Waals surface area contributed by atoms with Gasteiger partial charge in [0.15, 0.2) is 0 Å². The van der Waals surface area contributed by atoms with Crippen molar-refractivity contribution in [1.29, 1.82) is 0 Å². The van der Waals surface area contributed by atoms with Crippen molar-refractivity contribution in [2.75, 3.05) is 7.11 Å². The van der Waals surface area contributed by atoms with Crippen molar-refractivity contribution in [1.82, 2.24) is 15.2 Å². The van der Waals surface area contributed by atoms with E-state index in [-0.39, 0.29) is 0 Å². The Morgan fingerprint density at radius 2 is 2.00 bits per heavy atom. The number of thioether (sulfide) groups is 1. The molecule has 0 aliphatic carbocycles. The number of nitrogens with zero attached hydrogens (tertiary/aromatic N) is 3. The summed E-state index contributed by atoms with van der Waals surface area (Å²) < 4.78 is 12.0. The fourth-order valence-corrected chi connectivity index (χ4v) is 3.68. The average Bonchev–Trinajstić information content (AvgIpc) is 3.29. The molecule has 4 aromatic rings. The van der Waals surface area contributed by atoms with Crippen LogP contribution in [0.2, 0.25) is 0 Å². The van der Waals surface area contributed by atoms with Crippen LogP contribution in [0.15, 0.2) is 57.6 Å². The zero-order valence-corrected chi connectivity index (χ0v) is 14.4. The van der Waals surface area contributed by atoms with Crippen LogP contribution in [0, 0.1) is 0 Å². The second-order valence-corrected chi connectivity index (χ2v) is 6.86. The minimum absolute atomic E-state index is 0.530. The molecule has 5 nitrogen and oxygen atoms in total. The molecule has 2 heterocycles. The predicted octanol–water partition coefficient (Wildman–Crippen LogP) is 4.65. The van der Waals surface area contributed by atoms with Gasteiger partial charge in [0.25, 0.3) is 5.22 Å². The van der Waals surface area contributed by atoms with Gasteiger partial charge in [-0.05, 0) is 35.9 Å². The molecule has 0 unspecified atom stereocenters. The highest BCUT2D eigenvalue weighted by Crippen LogP contribution is 2.29. The van der Waals surface area contributed by atoms with Crippen LogP contribution < -0.4 is 4.74 Å². The summed E-state index contributed by atoms with van der Waals surface area (Å²) in [5.74, 6) is 2.14. The van der Waals surface area contributed by atoms with E-state index in [1.54, 1.807) is 18.4 Å². The van der Waals surface area contributed by atoms with Gasteiger partial charge in [0, 0.05) is 11.3 Å². The van der Waals surface area contributed by atoms with Crippen LogP contribution in [-0.2, 0) is 5.75 Å².